The summed E-state index contributed by atoms with van der Waals surface area (Å²) in [6.07, 6.45) is 2.84. The van der Waals surface area contributed by atoms with Gasteiger partial charge in [0.2, 0.25) is 0 Å². The van der Waals surface area contributed by atoms with Crippen molar-refractivity contribution in [3.63, 3.8) is 0 Å². The van der Waals surface area contributed by atoms with Gasteiger partial charge >= 0.3 is 5.97 Å². The number of hydrogen-bond acceptors (Lipinski definition) is 4. The third kappa shape index (κ3) is 3.17. The molecule has 0 spiro atoms. The molecule has 1 saturated carbocycles. The van der Waals surface area contributed by atoms with Gasteiger partial charge in [0.05, 0.1) is 18.8 Å². The quantitative estimate of drug-likeness (QED) is 0.872. The topological polar surface area (TPSA) is 76.0 Å². The van der Waals surface area contributed by atoms with Crippen LogP contribution in [0, 0.1) is 0 Å². The standard InChI is InChI=1S/C14H18O5/c1-18-13-8-9(14(16)17)6-7-12(13)19-11-5-3-2-4-10(11)15/h6-8,10-11,15H,2-5H2,1H3,(H,16,17). The monoisotopic (exact) mass is 266 g/mol. The minimum Gasteiger partial charge on any atom is -0.493 e. The summed E-state index contributed by atoms with van der Waals surface area (Å²) >= 11 is 0. The van der Waals surface area contributed by atoms with E-state index >= 15 is 0 Å². The first-order valence-electron chi connectivity index (χ1n) is 6.38. The second kappa shape index (κ2) is 5.93. The first-order valence-corrected chi connectivity index (χ1v) is 6.38. The predicted octanol–water partition coefficient (Wildman–Crippen LogP) is 2.08. The van der Waals surface area contributed by atoms with Crippen LogP contribution in [0.2, 0.25) is 0 Å². The summed E-state index contributed by atoms with van der Waals surface area (Å²) in [7, 11) is 1.46. The number of aliphatic hydroxyl groups excluding tert-OH is 1. The highest BCUT2D eigenvalue weighted by Gasteiger charge is 2.25. The smallest absolute Gasteiger partial charge is 0.335 e. The Balaban J connectivity index is 2.17. The molecule has 2 rings (SSSR count). The molecule has 0 heterocycles. The zero-order chi connectivity index (χ0) is 13.8. The van der Waals surface area contributed by atoms with Crippen LogP contribution in [-0.2, 0) is 0 Å². The summed E-state index contributed by atoms with van der Waals surface area (Å²) in [5.74, 6) is -0.168. The van der Waals surface area contributed by atoms with Crippen molar-refractivity contribution in [2.75, 3.05) is 7.11 Å². The Bertz CT molecular complexity index is 457. The Labute approximate surface area is 111 Å². The zero-order valence-corrected chi connectivity index (χ0v) is 10.8. The second-order valence-electron chi connectivity index (χ2n) is 4.68. The number of carboxylic acid groups (broad SMARTS) is 1. The third-order valence-electron chi connectivity index (χ3n) is 3.36. The van der Waals surface area contributed by atoms with Gasteiger partial charge in [-0.2, -0.15) is 0 Å². The van der Waals surface area contributed by atoms with Crippen LogP contribution in [0.1, 0.15) is 36.0 Å². The molecule has 5 nitrogen and oxygen atoms in total. The van der Waals surface area contributed by atoms with Crippen molar-refractivity contribution in [2.45, 2.75) is 37.9 Å². The number of carboxylic acids is 1. The normalized spacial score (nSPS) is 22.8. The van der Waals surface area contributed by atoms with Crippen LogP contribution < -0.4 is 9.47 Å². The molecule has 2 atom stereocenters. The fraction of sp³-hybridized carbons (Fsp3) is 0.500. The summed E-state index contributed by atoms with van der Waals surface area (Å²) in [5.41, 5.74) is 0.147. The van der Waals surface area contributed by atoms with Crippen molar-refractivity contribution < 1.29 is 24.5 Å². The lowest BCUT2D eigenvalue weighted by Crippen LogP contribution is -2.34. The summed E-state index contributed by atoms with van der Waals surface area (Å²) in [6, 6.07) is 4.46. The summed E-state index contributed by atoms with van der Waals surface area (Å²) < 4.78 is 10.9. The fourth-order valence-corrected chi connectivity index (χ4v) is 2.28. The largest absolute Gasteiger partial charge is 0.493 e. The highest BCUT2D eigenvalue weighted by atomic mass is 16.5. The van der Waals surface area contributed by atoms with E-state index in [1.807, 2.05) is 0 Å². The van der Waals surface area contributed by atoms with Gasteiger partial charge in [-0.1, -0.05) is 6.42 Å². The molecule has 0 radical (unpaired) electrons. The molecule has 5 heteroatoms. The number of aliphatic hydroxyl groups is 1. The minimum absolute atomic E-state index is 0.147. The summed E-state index contributed by atoms with van der Waals surface area (Å²) in [4.78, 5) is 10.9. The Kier molecular flexibility index (Phi) is 4.27. The maximum absolute atomic E-state index is 10.9. The number of aromatic carboxylic acids is 1. The number of hydrogen-bond donors (Lipinski definition) is 2. The van der Waals surface area contributed by atoms with Gasteiger partial charge in [0.25, 0.3) is 0 Å². The van der Waals surface area contributed by atoms with Crippen molar-refractivity contribution in [3.05, 3.63) is 23.8 Å². The van der Waals surface area contributed by atoms with Gasteiger partial charge in [-0.15, -0.1) is 0 Å². The van der Waals surface area contributed by atoms with Gasteiger partial charge in [0, 0.05) is 0 Å². The molecular weight excluding hydrogens is 248 g/mol. The molecule has 2 N–H and O–H groups in total. The lowest BCUT2D eigenvalue weighted by molar-refractivity contribution is 0.00566. The number of carbonyl (C=O) groups is 1. The molecule has 0 aromatic heterocycles. The van der Waals surface area contributed by atoms with Crippen molar-refractivity contribution in [1.29, 1.82) is 0 Å². The van der Waals surface area contributed by atoms with E-state index in [0.717, 1.165) is 25.7 Å². The molecule has 2 unspecified atom stereocenters. The van der Waals surface area contributed by atoms with Crippen molar-refractivity contribution in [2.24, 2.45) is 0 Å². The lowest BCUT2D eigenvalue weighted by Gasteiger charge is -2.28. The van der Waals surface area contributed by atoms with Crippen LogP contribution in [-0.4, -0.2) is 35.5 Å². The average molecular weight is 266 g/mol. The van der Waals surface area contributed by atoms with Gasteiger partial charge < -0.3 is 19.7 Å². The first kappa shape index (κ1) is 13.7. The van der Waals surface area contributed by atoms with Crippen LogP contribution in [0.25, 0.3) is 0 Å². The van der Waals surface area contributed by atoms with E-state index in [2.05, 4.69) is 0 Å². The van der Waals surface area contributed by atoms with E-state index in [-0.39, 0.29) is 11.7 Å². The van der Waals surface area contributed by atoms with Crippen LogP contribution >= 0.6 is 0 Å². The van der Waals surface area contributed by atoms with Gasteiger partial charge in [-0.3, -0.25) is 0 Å². The Hall–Kier alpha value is -1.75. The number of ether oxygens (including phenoxy) is 2. The Morgan fingerprint density at radius 1 is 1.26 bits per heavy atom. The van der Waals surface area contributed by atoms with E-state index in [9.17, 15) is 9.90 Å². The van der Waals surface area contributed by atoms with Gasteiger partial charge in [0.15, 0.2) is 11.5 Å². The highest BCUT2D eigenvalue weighted by molar-refractivity contribution is 5.88. The molecule has 1 fully saturated rings. The van der Waals surface area contributed by atoms with Gasteiger partial charge in [0.1, 0.15) is 6.10 Å². The summed E-state index contributed by atoms with van der Waals surface area (Å²) in [5, 5.41) is 18.8. The third-order valence-corrected chi connectivity index (χ3v) is 3.36. The van der Waals surface area contributed by atoms with E-state index in [1.54, 1.807) is 6.07 Å². The molecule has 1 aromatic rings. The molecular formula is C14H18O5. The molecule has 1 aliphatic rings. The predicted molar refractivity (Wildman–Crippen MR) is 68.8 cm³/mol. The number of methoxy groups -OCH3 is 1. The Morgan fingerprint density at radius 2 is 2.00 bits per heavy atom. The molecule has 0 aliphatic heterocycles. The van der Waals surface area contributed by atoms with Crippen LogP contribution in [0.5, 0.6) is 11.5 Å². The van der Waals surface area contributed by atoms with E-state index in [1.165, 1.54) is 19.2 Å². The molecule has 1 aliphatic carbocycles. The van der Waals surface area contributed by atoms with Crippen LogP contribution in [0.3, 0.4) is 0 Å². The molecule has 104 valence electrons. The van der Waals surface area contributed by atoms with E-state index < -0.39 is 12.1 Å². The van der Waals surface area contributed by atoms with Crippen LogP contribution in [0.4, 0.5) is 0 Å². The maximum atomic E-state index is 10.9. The zero-order valence-electron chi connectivity index (χ0n) is 10.8. The SMILES string of the molecule is COc1cc(C(=O)O)ccc1OC1CCCCC1O. The maximum Gasteiger partial charge on any atom is 0.335 e. The van der Waals surface area contributed by atoms with Crippen molar-refractivity contribution >= 4 is 5.97 Å². The molecule has 1 aromatic carbocycles. The number of benzene rings is 1. The molecule has 0 saturated heterocycles. The van der Waals surface area contributed by atoms with E-state index in [0.29, 0.717) is 11.5 Å². The van der Waals surface area contributed by atoms with Gasteiger partial charge in [-0.05, 0) is 37.5 Å². The van der Waals surface area contributed by atoms with Crippen molar-refractivity contribution in [1.82, 2.24) is 0 Å². The highest BCUT2D eigenvalue weighted by Crippen LogP contribution is 2.32. The average Bonchev–Trinajstić information content (AvgIpc) is 2.41. The van der Waals surface area contributed by atoms with Crippen molar-refractivity contribution in [3.8, 4) is 11.5 Å². The Morgan fingerprint density at radius 3 is 2.63 bits per heavy atom. The van der Waals surface area contributed by atoms with Crippen LogP contribution in [0.15, 0.2) is 18.2 Å². The molecule has 0 bridgehead atoms. The first-order chi connectivity index (χ1) is 9.11. The second-order valence-corrected chi connectivity index (χ2v) is 4.68. The minimum atomic E-state index is -1.01. The van der Waals surface area contributed by atoms with E-state index in [4.69, 9.17) is 14.6 Å². The lowest BCUT2D eigenvalue weighted by atomic mass is 9.95. The van der Waals surface area contributed by atoms with Gasteiger partial charge in [-0.25, -0.2) is 4.79 Å². The molecule has 0 amide bonds. The number of rotatable bonds is 4. The summed E-state index contributed by atoms with van der Waals surface area (Å²) in [6.45, 7) is 0. The fourth-order valence-electron chi connectivity index (χ4n) is 2.28. The molecule has 19 heavy (non-hydrogen) atoms.